The molecule has 0 bridgehead atoms. The molecule has 12 heteroatoms. The van der Waals surface area contributed by atoms with E-state index in [1.165, 1.54) is 22.2 Å². The van der Waals surface area contributed by atoms with E-state index in [0.717, 1.165) is 18.4 Å². The number of hydrogen-bond acceptors (Lipinski definition) is 9. The number of thiazole rings is 1. The summed E-state index contributed by atoms with van der Waals surface area (Å²) >= 11 is 1.24. The zero-order valence-corrected chi connectivity index (χ0v) is 20.1. The molecule has 0 radical (unpaired) electrons. The maximum atomic E-state index is 12.8. The molecular formula is C23H26N6O5S. The summed E-state index contributed by atoms with van der Waals surface area (Å²) in [6.45, 7) is 3.55. The van der Waals surface area contributed by atoms with Gasteiger partial charge in [0.2, 0.25) is 5.95 Å². The molecule has 1 atom stereocenters. The van der Waals surface area contributed by atoms with Crippen LogP contribution in [0.1, 0.15) is 44.2 Å². The maximum absolute atomic E-state index is 12.8. The predicted molar refractivity (Wildman–Crippen MR) is 130 cm³/mol. The number of aromatic nitrogens is 3. The highest BCUT2D eigenvalue weighted by Crippen LogP contribution is 2.15. The minimum absolute atomic E-state index is 0.174. The molecule has 0 aliphatic rings. The summed E-state index contributed by atoms with van der Waals surface area (Å²) in [5.74, 6) is -1.88. The molecule has 11 nitrogen and oxygen atoms in total. The van der Waals surface area contributed by atoms with Crippen molar-refractivity contribution in [3.8, 4) is 5.75 Å². The van der Waals surface area contributed by atoms with Crippen LogP contribution in [0.25, 0.3) is 0 Å². The van der Waals surface area contributed by atoms with Gasteiger partial charge in [-0.2, -0.15) is 0 Å². The van der Waals surface area contributed by atoms with Crippen molar-refractivity contribution in [2.75, 3.05) is 18.4 Å². The van der Waals surface area contributed by atoms with E-state index in [9.17, 15) is 24.6 Å². The van der Waals surface area contributed by atoms with Crippen LogP contribution < -0.4 is 16.0 Å². The number of nitrogens with zero attached hydrogens (tertiary/aromatic N) is 3. The predicted octanol–water partition coefficient (Wildman–Crippen LogP) is 1.91. The Labute approximate surface area is 205 Å². The Balaban J connectivity index is 1.57. The van der Waals surface area contributed by atoms with Crippen molar-refractivity contribution in [3.05, 3.63) is 63.4 Å². The van der Waals surface area contributed by atoms with Crippen molar-refractivity contribution in [2.24, 2.45) is 0 Å². The largest absolute Gasteiger partial charge is 0.508 e. The lowest BCUT2D eigenvalue weighted by atomic mass is 10.1. The number of carbonyl (C=O) groups excluding carboxylic acids is 2. The number of carboxylic acids is 1. The summed E-state index contributed by atoms with van der Waals surface area (Å²) in [6, 6.07) is 5.72. The number of phenolic OH excluding ortho intramolecular Hbond substituents is 1. The molecule has 1 aromatic carbocycles. The van der Waals surface area contributed by atoms with E-state index in [1.54, 1.807) is 32.0 Å². The summed E-state index contributed by atoms with van der Waals surface area (Å²) in [4.78, 5) is 49.0. The van der Waals surface area contributed by atoms with Crippen LogP contribution >= 0.6 is 11.3 Å². The molecule has 0 aliphatic heterocycles. The minimum atomic E-state index is -1.35. The Bertz CT molecular complexity index is 1180. The van der Waals surface area contributed by atoms with E-state index in [-0.39, 0.29) is 23.6 Å². The number of nitrogens with one attached hydrogen (secondary N) is 3. The summed E-state index contributed by atoms with van der Waals surface area (Å²) in [7, 11) is 0. The highest BCUT2D eigenvalue weighted by Gasteiger charge is 2.25. The van der Waals surface area contributed by atoms with E-state index in [0.29, 0.717) is 23.9 Å². The van der Waals surface area contributed by atoms with Crippen LogP contribution in [-0.4, -0.2) is 62.1 Å². The first-order chi connectivity index (χ1) is 16.7. The molecule has 2 amide bonds. The van der Waals surface area contributed by atoms with Gasteiger partial charge in [0.25, 0.3) is 11.8 Å². The van der Waals surface area contributed by atoms with Crippen LogP contribution in [-0.2, 0) is 11.2 Å². The van der Waals surface area contributed by atoms with Crippen LogP contribution in [0.4, 0.5) is 5.95 Å². The van der Waals surface area contributed by atoms with E-state index in [4.69, 9.17) is 0 Å². The molecular weight excluding hydrogens is 472 g/mol. The SMILES string of the molecule is Cc1nc(NCCCc2cccc(O)c2)nc(C)c1C(=O)NC(CNC(=O)c1cscn1)C(=O)O. The van der Waals surface area contributed by atoms with Gasteiger partial charge in [-0.05, 0) is 44.4 Å². The lowest BCUT2D eigenvalue weighted by molar-refractivity contribution is -0.139. The van der Waals surface area contributed by atoms with E-state index in [1.807, 2.05) is 6.07 Å². The number of aliphatic carboxylic acids is 1. The maximum Gasteiger partial charge on any atom is 0.328 e. The van der Waals surface area contributed by atoms with Gasteiger partial charge in [-0.25, -0.2) is 19.7 Å². The highest BCUT2D eigenvalue weighted by molar-refractivity contribution is 7.07. The lowest BCUT2D eigenvalue weighted by Gasteiger charge is -2.17. The smallest absolute Gasteiger partial charge is 0.328 e. The van der Waals surface area contributed by atoms with Crippen molar-refractivity contribution in [1.29, 1.82) is 0 Å². The second-order valence-electron chi connectivity index (χ2n) is 7.74. The Morgan fingerprint density at radius 1 is 1.11 bits per heavy atom. The molecule has 5 N–H and O–H groups in total. The zero-order valence-electron chi connectivity index (χ0n) is 19.2. The number of amides is 2. The number of carboxylic acid groups (broad SMARTS) is 1. The monoisotopic (exact) mass is 498 g/mol. The topological polar surface area (TPSA) is 166 Å². The molecule has 2 heterocycles. The third-order valence-electron chi connectivity index (χ3n) is 5.07. The molecule has 0 fully saturated rings. The zero-order chi connectivity index (χ0) is 25.4. The number of carbonyl (C=O) groups is 3. The first kappa shape index (κ1) is 25.6. The van der Waals surface area contributed by atoms with Crippen LogP contribution in [0, 0.1) is 13.8 Å². The molecule has 0 spiro atoms. The van der Waals surface area contributed by atoms with Gasteiger partial charge in [-0.15, -0.1) is 11.3 Å². The van der Waals surface area contributed by atoms with Crippen LogP contribution in [0.5, 0.6) is 5.75 Å². The van der Waals surface area contributed by atoms with Crippen molar-refractivity contribution in [1.82, 2.24) is 25.6 Å². The number of benzene rings is 1. The molecule has 0 saturated carbocycles. The second kappa shape index (κ2) is 11.9. The fourth-order valence-electron chi connectivity index (χ4n) is 3.37. The number of rotatable bonds is 11. The Kier molecular flexibility index (Phi) is 8.68. The molecule has 1 unspecified atom stereocenters. The standard InChI is InChI=1S/C23H26N6O5S/c1-13-19(21(32)29-17(22(33)34)10-25-20(31)18-11-35-12-26-18)14(2)28-23(27-13)24-8-4-6-15-5-3-7-16(30)9-15/h3,5,7,9,11-12,17,30H,4,6,8,10H2,1-2H3,(H,25,31)(H,29,32)(H,33,34)(H,24,27,28). The number of phenols is 1. The van der Waals surface area contributed by atoms with Crippen molar-refractivity contribution < 1.29 is 24.6 Å². The number of hydrogen-bond donors (Lipinski definition) is 5. The molecule has 2 aromatic heterocycles. The van der Waals surface area contributed by atoms with Crippen molar-refractivity contribution in [3.63, 3.8) is 0 Å². The lowest BCUT2D eigenvalue weighted by Crippen LogP contribution is -2.48. The van der Waals surface area contributed by atoms with Gasteiger partial charge in [0.1, 0.15) is 17.5 Å². The van der Waals surface area contributed by atoms with Crippen LogP contribution in [0.15, 0.2) is 35.2 Å². The number of anilines is 1. The van der Waals surface area contributed by atoms with E-state index >= 15 is 0 Å². The van der Waals surface area contributed by atoms with Crippen molar-refractivity contribution in [2.45, 2.75) is 32.7 Å². The van der Waals surface area contributed by atoms with Crippen LogP contribution in [0.3, 0.4) is 0 Å². The molecule has 35 heavy (non-hydrogen) atoms. The quantitative estimate of drug-likeness (QED) is 0.248. The third-order valence-corrected chi connectivity index (χ3v) is 5.66. The Morgan fingerprint density at radius 3 is 2.49 bits per heavy atom. The second-order valence-corrected chi connectivity index (χ2v) is 8.46. The first-order valence-electron chi connectivity index (χ1n) is 10.8. The Morgan fingerprint density at radius 2 is 1.86 bits per heavy atom. The highest BCUT2D eigenvalue weighted by atomic mass is 32.1. The molecule has 3 aromatic rings. The average Bonchev–Trinajstić information content (AvgIpc) is 3.34. The fourth-order valence-corrected chi connectivity index (χ4v) is 3.90. The summed E-state index contributed by atoms with van der Waals surface area (Å²) in [6.07, 6.45) is 1.54. The van der Waals surface area contributed by atoms with Gasteiger partial charge in [0.05, 0.1) is 22.5 Å². The van der Waals surface area contributed by atoms with Gasteiger partial charge in [0.15, 0.2) is 0 Å². The fraction of sp³-hybridized carbons (Fsp3) is 0.304. The van der Waals surface area contributed by atoms with Gasteiger partial charge < -0.3 is 26.2 Å². The average molecular weight is 499 g/mol. The minimum Gasteiger partial charge on any atom is -0.508 e. The summed E-state index contributed by atoms with van der Waals surface area (Å²) in [5.41, 5.74) is 3.64. The van der Waals surface area contributed by atoms with Gasteiger partial charge in [-0.3, -0.25) is 9.59 Å². The summed E-state index contributed by atoms with van der Waals surface area (Å²) in [5, 5.41) is 28.5. The summed E-state index contributed by atoms with van der Waals surface area (Å²) < 4.78 is 0. The van der Waals surface area contributed by atoms with Crippen molar-refractivity contribution >= 4 is 35.1 Å². The molecule has 3 rings (SSSR count). The van der Waals surface area contributed by atoms with E-state index in [2.05, 4.69) is 30.9 Å². The molecule has 0 saturated heterocycles. The molecule has 184 valence electrons. The normalized spacial score (nSPS) is 11.5. The Hall–Kier alpha value is -4.06. The number of aryl methyl sites for hydroxylation is 3. The van der Waals surface area contributed by atoms with E-state index < -0.39 is 23.8 Å². The molecule has 0 aliphatic carbocycles. The van der Waals surface area contributed by atoms with Gasteiger partial charge in [0, 0.05) is 18.5 Å². The van der Waals surface area contributed by atoms with Gasteiger partial charge in [-0.1, -0.05) is 12.1 Å². The number of aromatic hydroxyl groups is 1. The van der Waals surface area contributed by atoms with Crippen LogP contribution in [0.2, 0.25) is 0 Å². The van der Waals surface area contributed by atoms with Gasteiger partial charge >= 0.3 is 5.97 Å². The first-order valence-corrected chi connectivity index (χ1v) is 11.8. The third kappa shape index (κ3) is 7.21.